The molecule has 0 saturated carbocycles. The van der Waals surface area contributed by atoms with E-state index in [9.17, 15) is 4.39 Å². The Morgan fingerprint density at radius 3 is 2.95 bits per heavy atom. The van der Waals surface area contributed by atoms with Gasteiger partial charge < -0.3 is 15.0 Å². The highest BCUT2D eigenvalue weighted by Crippen LogP contribution is 2.29. The minimum absolute atomic E-state index is 0.297. The maximum absolute atomic E-state index is 13.3. The molecule has 0 aliphatic carbocycles. The number of H-pyrrole nitrogens is 1. The van der Waals surface area contributed by atoms with E-state index < -0.39 is 0 Å². The van der Waals surface area contributed by atoms with E-state index in [2.05, 4.69) is 25.3 Å². The third kappa shape index (κ3) is 2.13. The summed E-state index contributed by atoms with van der Waals surface area (Å²) in [4.78, 5) is 15.4. The summed E-state index contributed by atoms with van der Waals surface area (Å²) in [6.45, 7) is 1.83. The Morgan fingerprint density at radius 2 is 2.15 bits per heavy atom. The number of hydrogen-bond donors (Lipinski definition) is 2. The van der Waals surface area contributed by atoms with Gasteiger partial charge in [-0.1, -0.05) is 6.07 Å². The van der Waals surface area contributed by atoms with Crippen molar-refractivity contribution in [2.24, 2.45) is 0 Å². The molecule has 0 amide bonds. The quantitative estimate of drug-likeness (QED) is 0.767. The van der Waals surface area contributed by atoms with Gasteiger partial charge in [0.05, 0.1) is 6.33 Å². The predicted octanol–water partition coefficient (Wildman–Crippen LogP) is 2.63. The lowest BCUT2D eigenvalue weighted by Gasteiger charge is -2.09. The Morgan fingerprint density at radius 1 is 1.30 bits per heavy atom. The van der Waals surface area contributed by atoms with E-state index in [0.29, 0.717) is 28.7 Å². The van der Waals surface area contributed by atoms with Gasteiger partial charge in [-0.2, -0.15) is 9.97 Å². The van der Waals surface area contributed by atoms with Gasteiger partial charge in [0.1, 0.15) is 17.1 Å². The summed E-state index contributed by atoms with van der Waals surface area (Å²) in [6, 6.07) is 4.35. The van der Waals surface area contributed by atoms with Crippen molar-refractivity contribution in [3.8, 4) is 11.6 Å². The average Bonchev–Trinajstić information content (AvgIpc) is 2.91. The van der Waals surface area contributed by atoms with Crippen molar-refractivity contribution < 1.29 is 9.13 Å². The number of halogens is 1. The molecule has 0 aliphatic rings. The van der Waals surface area contributed by atoms with Crippen LogP contribution in [0.5, 0.6) is 11.6 Å². The molecule has 20 heavy (non-hydrogen) atoms. The molecule has 0 bridgehead atoms. The van der Waals surface area contributed by atoms with Crippen LogP contribution in [0.1, 0.15) is 5.56 Å². The van der Waals surface area contributed by atoms with Crippen molar-refractivity contribution in [2.75, 3.05) is 12.4 Å². The van der Waals surface area contributed by atoms with Crippen molar-refractivity contribution in [1.82, 2.24) is 19.9 Å². The molecule has 3 rings (SSSR count). The number of aryl methyl sites for hydroxylation is 1. The molecule has 2 heterocycles. The number of nitrogens with zero attached hydrogens (tertiary/aromatic N) is 3. The van der Waals surface area contributed by atoms with Crippen molar-refractivity contribution in [2.45, 2.75) is 6.92 Å². The Hall–Kier alpha value is -2.70. The maximum atomic E-state index is 13.3. The third-order valence-corrected chi connectivity index (χ3v) is 2.83. The monoisotopic (exact) mass is 273 g/mol. The molecular weight excluding hydrogens is 261 g/mol. The predicted molar refractivity (Wildman–Crippen MR) is 72.4 cm³/mol. The number of aromatic nitrogens is 4. The lowest BCUT2D eigenvalue weighted by molar-refractivity contribution is 0.459. The highest BCUT2D eigenvalue weighted by Gasteiger charge is 2.13. The zero-order valence-electron chi connectivity index (χ0n) is 10.9. The summed E-state index contributed by atoms with van der Waals surface area (Å²) in [5, 5.41) is 2.83. The highest BCUT2D eigenvalue weighted by molar-refractivity contribution is 5.77. The highest BCUT2D eigenvalue weighted by atomic mass is 19.1. The summed E-state index contributed by atoms with van der Waals surface area (Å²) in [7, 11) is 1.70. The average molecular weight is 273 g/mol. The molecule has 0 spiro atoms. The Kier molecular flexibility index (Phi) is 2.94. The number of nitrogens with one attached hydrogen (secondary N) is 2. The molecule has 0 fully saturated rings. The fraction of sp³-hybridized carbons (Fsp3) is 0.154. The van der Waals surface area contributed by atoms with Crippen LogP contribution in [0.25, 0.3) is 11.2 Å². The molecule has 0 aliphatic heterocycles. The number of rotatable bonds is 3. The van der Waals surface area contributed by atoms with Crippen molar-refractivity contribution >= 4 is 17.1 Å². The molecule has 1 aromatic carbocycles. The molecule has 2 aromatic heterocycles. The molecule has 0 radical (unpaired) electrons. The van der Waals surface area contributed by atoms with Gasteiger partial charge in [0, 0.05) is 13.1 Å². The number of imidazole rings is 1. The normalized spacial score (nSPS) is 10.8. The van der Waals surface area contributed by atoms with Crippen LogP contribution in [0.2, 0.25) is 0 Å². The first-order valence-electron chi connectivity index (χ1n) is 6.00. The molecule has 7 heteroatoms. The topological polar surface area (TPSA) is 75.7 Å². The number of fused-ring (bicyclic) bond motifs is 1. The zero-order chi connectivity index (χ0) is 14.1. The smallest absolute Gasteiger partial charge is 0.250 e. The molecule has 102 valence electrons. The van der Waals surface area contributed by atoms with Crippen LogP contribution in [0.4, 0.5) is 10.3 Å². The zero-order valence-corrected chi connectivity index (χ0v) is 10.9. The second-order valence-electron chi connectivity index (χ2n) is 4.22. The molecule has 3 aromatic rings. The Bertz CT molecular complexity index is 771. The second kappa shape index (κ2) is 4.76. The number of ether oxygens (including phenoxy) is 1. The van der Waals surface area contributed by atoms with E-state index in [4.69, 9.17) is 4.74 Å². The Balaban J connectivity index is 2.09. The van der Waals surface area contributed by atoms with Gasteiger partial charge >= 0.3 is 0 Å². The first-order valence-corrected chi connectivity index (χ1v) is 6.00. The minimum atomic E-state index is -0.366. The van der Waals surface area contributed by atoms with E-state index in [1.807, 2.05) is 6.92 Å². The van der Waals surface area contributed by atoms with Crippen molar-refractivity contribution in [3.05, 3.63) is 35.9 Å². The summed E-state index contributed by atoms with van der Waals surface area (Å²) in [5.74, 6) is 0.718. The summed E-state index contributed by atoms with van der Waals surface area (Å²) >= 11 is 0. The third-order valence-electron chi connectivity index (χ3n) is 2.83. The fourth-order valence-corrected chi connectivity index (χ4v) is 1.78. The lowest BCUT2D eigenvalue weighted by Crippen LogP contribution is -2.00. The maximum Gasteiger partial charge on any atom is 0.250 e. The fourth-order valence-electron chi connectivity index (χ4n) is 1.78. The van der Waals surface area contributed by atoms with Crippen LogP contribution in [-0.2, 0) is 0 Å². The van der Waals surface area contributed by atoms with Crippen LogP contribution in [0.15, 0.2) is 24.5 Å². The molecule has 0 unspecified atom stereocenters. The number of anilines is 1. The number of benzene rings is 1. The second-order valence-corrected chi connectivity index (χ2v) is 4.22. The first kappa shape index (κ1) is 12.3. The largest absolute Gasteiger partial charge is 0.437 e. The van der Waals surface area contributed by atoms with Crippen LogP contribution >= 0.6 is 0 Å². The Labute approximate surface area is 114 Å². The van der Waals surface area contributed by atoms with E-state index in [1.165, 1.54) is 18.5 Å². The van der Waals surface area contributed by atoms with Gasteiger partial charge in [0.15, 0.2) is 5.65 Å². The molecule has 0 atom stereocenters. The first-order chi connectivity index (χ1) is 9.67. The van der Waals surface area contributed by atoms with Crippen LogP contribution in [-0.4, -0.2) is 27.0 Å². The molecule has 2 N–H and O–H groups in total. The summed E-state index contributed by atoms with van der Waals surface area (Å²) < 4.78 is 19.0. The van der Waals surface area contributed by atoms with Gasteiger partial charge in [-0.25, -0.2) is 9.37 Å². The van der Waals surface area contributed by atoms with E-state index in [0.717, 1.165) is 5.56 Å². The SMILES string of the molecule is CNc1nc(Oc2cc(F)ccc2C)c2[nH]cnc2n1. The van der Waals surface area contributed by atoms with E-state index in [-0.39, 0.29) is 5.82 Å². The van der Waals surface area contributed by atoms with Crippen LogP contribution < -0.4 is 10.1 Å². The molecular formula is C13H12FN5O. The lowest BCUT2D eigenvalue weighted by atomic mass is 10.2. The van der Waals surface area contributed by atoms with Gasteiger partial charge in [-0.15, -0.1) is 0 Å². The van der Waals surface area contributed by atoms with Gasteiger partial charge in [0.2, 0.25) is 5.95 Å². The standard InChI is InChI=1S/C13H12FN5O/c1-7-3-4-8(14)5-9(7)20-12-10-11(17-6-16-10)18-13(15-2)19-12/h3-6H,1-2H3,(H2,15,16,17,18,19). The van der Waals surface area contributed by atoms with Gasteiger partial charge in [0.25, 0.3) is 5.88 Å². The van der Waals surface area contributed by atoms with Crippen LogP contribution in [0.3, 0.4) is 0 Å². The van der Waals surface area contributed by atoms with E-state index in [1.54, 1.807) is 13.1 Å². The number of hydrogen-bond acceptors (Lipinski definition) is 5. The molecule has 0 saturated heterocycles. The summed E-state index contributed by atoms with van der Waals surface area (Å²) in [5.41, 5.74) is 1.85. The van der Waals surface area contributed by atoms with Crippen molar-refractivity contribution in [1.29, 1.82) is 0 Å². The van der Waals surface area contributed by atoms with Gasteiger partial charge in [-0.3, -0.25) is 0 Å². The van der Waals surface area contributed by atoms with E-state index >= 15 is 0 Å². The molecule has 6 nitrogen and oxygen atoms in total. The number of aromatic amines is 1. The van der Waals surface area contributed by atoms with Gasteiger partial charge in [-0.05, 0) is 18.6 Å². The minimum Gasteiger partial charge on any atom is -0.437 e. The van der Waals surface area contributed by atoms with Crippen LogP contribution in [0, 0.1) is 12.7 Å². The summed E-state index contributed by atoms with van der Waals surface area (Å²) in [6.07, 6.45) is 1.50. The van der Waals surface area contributed by atoms with Crippen molar-refractivity contribution in [3.63, 3.8) is 0 Å².